The van der Waals surface area contributed by atoms with E-state index in [2.05, 4.69) is 10.3 Å². The highest BCUT2D eigenvalue weighted by Gasteiger charge is 2.09. The van der Waals surface area contributed by atoms with Gasteiger partial charge < -0.3 is 5.32 Å². The van der Waals surface area contributed by atoms with Gasteiger partial charge >= 0.3 is 4.87 Å². The molecule has 6 heteroatoms. The van der Waals surface area contributed by atoms with E-state index in [9.17, 15) is 9.59 Å². The predicted octanol–water partition coefficient (Wildman–Crippen LogP) is 2.49. The van der Waals surface area contributed by atoms with Crippen LogP contribution in [0.3, 0.4) is 0 Å². The molecule has 0 unspecified atom stereocenters. The number of aryl methyl sites for hydroxylation is 1. The third-order valence-corrected chi connectivity index (χ3v) is 4.03. The third-order valence-electron chi connectivity index (χ3n) is 3.07. The molecule has 21 heavy (non-hydrogen) atoms. The van der Waals surface area contributed by atoms with Crippen LogP contribution in [0, 0.1) is 0 Å². The number of aromatic nitrogens is 2. The summed E-state index contributed by atoms with van der Waals surface area (Å²) < 4.78 is 2.57. The van der Waals surface area contributed by atoms with Crippen LogP contribution in [0.15, 0.2) is 53.5 Å². The Hall–Kier alpha value is -2.47. The Labute approximate surface area is 124 Å². The predicted molar refractivity (Wildman–Crippen MR) is 83.6 cm³/mol. The lowest BCUT2D eigenvalue weighted by Crippen LogP contribution is -2.19. The van der Waals surface area contributed by atoms with E-state index in [0.717, 1.165) is 10.2 Å². The van der Waals surface area contributed by atoms with Crippen LogP contribution in [0.4, 0.5) is 5.82 Å². The van der Waals surface area contributed by atoms with Gasteiger partial charge in [-0.2, -0.15) is 0 Å². The molecule has 2 heterocycles. The van der Waals surface area contributed by atoms with Crippen LogP contribution in [-0.4, -0.2) is 15.5 Å². The number of nitrogens with one attached hydrogen (secondary N) is 1. The summed E-state index contributed by atoms with van der Waals surface area (Å²) in [4.78, 5) is 27.8. The number of hydrogen-bond acceptors (Lipinski definition) is 4. The number of para-hydroxylation sites is 1. The molecule has 0 bridgehead atoms. The highest BCUT2D eigenvalue weighted by molar-refractivity contribution is 7.16. The van der Waals surface area contributed by atoms with Crippen molar-refractivity contribution in [1.82, 2.24) is 9.55 Å². The highest BCUT2D eigenvalue weighted by atomic mass is 32.1. The van der Waals surface area contributed by atoms with Gasteiger partial charge in [0.25, 0.3) is 0 Å². The van der Waals surface area contributed by atoms with Gasteiger partial charge in [0.15, 0.2) is 0 Å². The number of pyridine rings is 1. The Morgan fingerprint density at radius 3 is 2.81 bits per heavy atom. The molecule has 0 radical (unpaired) electrons. The lowest BCUT2D eigenvalue weighted by molar-refractivity contribution is -0.116. The van der Waals surface area contributed by atoms with Crippen LogP contribution in [0.5, 0.6) is 0 Å². The highest BCUT2D eigenvalue weighted by Crippen LogP contribution is 2.16. The average Bonchev–Trinajstić information content (AvgIpc) is 2.81. The summed E-state index contributed by atoms with van der Waals surface area (Å²) in [5, 5.41) is 2.71. The second-order valence-corrected chi connectivity index (χ2v) is 5.49. The fourth-order valence-corrected chi connectivity index (χ4v) is 3.00. The lowest BCUT2D eigenvalue weighted by Gasteiger charge is -2.05. The van der Waals surface area contributed by atoms with Crippen LogP contribution in [-0.2, 0) is 11.3 Å². The topological polar surface area (TPSA) is 64.0 Å². The maximum Gasteiger partial charge on any atom is 0.308 e. The Morgan fingerprint density at radius 2 is 2.00 bits per heavy atom. The molecule has 3 rings (SSSR count). The summed E-state index contributed by atoms with van der Waals surface area (Å²) in [7, 11) is 0. The molecule has 5 nitrogen and oxygen atoms in total. The molecule has 0 spiro atoms. The van der Waals surface area contributed by atoms with Crippen molar-refractivity contribution in [1.29, 1.82) is 0 Å². The van der Waals surface area contributed by atoms with Gasteiger partial charge in [0, 0.05) is 19.2 Å². The molecule has 0 aliphatic carbocycles. The lowest BCUT2D eigenvalue weighted by atomic mass is 10.3. The number of carbonyl (C=O) groups is 1. The molecule has 0 saturated carbocycles. The van der Waals surface area contributed by atoms with Gasteiger partial charge in [0.1, 0.15) is 5.82 Å². The molecule has 1 N–H and O–H groups in total. The quantitative estimate of drug-likeness (QED) is 0.805. The number of nitrogens with zero attached hydrogens (tertiary/aromatic N) is 2. The minimum absolute atomic E-state index is 0.0400. The van der Waals surface area contributed by atoms with E-state index in [4.69, 9.17) is 0 Å². The summed E-state index contributed by atoms with van der Waals surface area (Å²) in [6, 6.07) is 12.9. The molecular weight excluding hydrogens is 286 g/mol. The molecular formula is C15H13N3O2S. The van der Waals surface area contributed by atoms with Gasteiger partial charge in [-0.15, -0.1) is 0 Å². The first-order valence-electron chi connectivity index (χ1n) is 6.53. The summed E-state index contributed by atoms with van der Waals surface area (Å²) in [5.74, 6) is 0.362. The van der Waals surface area contributed by atoms with Crippen LogP contribution in [0.2, 0.25) is 0 Å². The zero-order valence-corrected chi connectivity index (χ0v) is 12.0. The number of thiazole rings is 1. The first-order valence-corrected chi connectivity index (χ1v) is 7.35. The fourth-order valence-electron chi connectivity index (χ4n) is 2.08. The van der Waals surface area contributed by atoms with Gasteiger partial charge in [-0.3, -0.25) is 14.2 Å². The van der Waals surface area contributed by atoms with E-state index >= 15 is 0 Å². The molecule has 1 amide bonds. The number of anilines is 1. The monoisotopic (exact) mass is 299 g/mol. The SMILES string of the molecule is O=C(CCn1c(=O)sc2ccccc21)Nc1ccccn1. The van der Waals surface area contributed by atoms with Crippen LogP contribution < -0.4 is 10.2 Å². The fraction of sp³-hybridized carbons (Fsp3) is 0.133. The maximum atomic E-state index is 11.9. The van der Waals surface area contributed by atoms with E-state index in [1.807, 2.05) is 24.3 Å². The van der Waals surface area contributed by atoms with E-state index in [0.29, 0.717) is 12.4 Å². The molecule has 0 atom stereocenters. The summed E-state index contributed by atoms with van der Waals surface area (Å²) in [6.45, 7) is 0.363. The van der Waals surface area contributed by atoms with Crippen LogP contribution in [0.1, 0.15) is 6.42 Å². The largest absolute Gasteiger partial charge is 0.311 e. The molecule has 106 valence electrons. The molecule has 0 saturated heterocycles. The molecule has 2 aromatic heterocycles. The molecule has 3 aromatic rings. The Bertz CT molecular complexity index is 824. The van der Waals surface area contributed by atoms with Crippen molar-refractivity contribution in [3.63, 3.8) is 0 Å². The van der Waals surface area contributed by atoms with Crippen molar-refractivity contribution in [2.75, 3.05) is 5.32 Å². The Balaban J connectivity index is 1.71. The van der Waals surface area contributed by atoms with Gasteiger partial charge in [0.2, 0.25) is 5.91 Å². The number of benzene rings is 1. The standard InChI is InChI=1S/C15H13N3O2S/c19-14(17-13-7-3-4-9-16-13)8-10-18-11-5-1-2-6-12(11)21-15(18)20/h1-7,9H,8,10H2,(H,16,17,19). The van der Waals surface area contributed by atoms with Crippen molar-refractivity contribution in [3.8, 4) is 0 Å². The Kier molecular flexibility index (Phi) is 3.79. The van der Waals surface area contributed by atoms with Gasteiger partial charge in [-0.25, -0.2) is 4.98 Å². The van der Waals surface area contributed by atoms with Crippen molar-refractivity contribution >= 4 is 33.3 Å². The van der Waals surface area contributed by atoms with E-state index < -0.39 is 0 Å². The van der Waals surface area contributed by atoms with Gasteiger partial charge in [-0.05, 0) is 24.3 Å². The van der Waals surface area contributed by atoms with Crippen LogP contribution in [0.25, 0.3) is 10.2 Å². The zero-order chi connectivity index (χ0) is 14.7. The number of hydrogen-bond donors (Lipinski definition) is 1. The summed E-state index contributed by atoms with van der Waals surface area (Å²) >= 11 is 1.20. The van der Waals surface area contributed by atoms with Crippen molar-refractivity contribution in [3.05, 3.63) is 58.3 Å². The summed E-state index contributed by atoms with van der Waals surface area (Å²) in [5.41, 5.74) is 0.873. The normalized spacial score (nSPS) is 10.7. The van der Waals surface area contributed by atoms with Crippen molar-refractivity contribution in [2.24, 2.45) is 0 Å². The number of amides is 1. The molecule has 0 aliphatic heterocycles. The second-order valence-electron chi connectivity index (χ2n) is 4.50. The van der Waals surface area contributed by atoms with Gasteiger partial charge in [-0.1, -0.05) is 29.5 Å². The minimum atomic E-state index is -0.157. The molecule has 0 fully saturated rings. The number of rotatable bonds is 4. The summed E-state index contributed by atoms with van der Waals surface area (Å²) in [6.07, 6.45) is 1.85. The minimum Gasteiger partial charge on any atom is -0.311 e. The van der Waals surface area contributed by atoms with Crippen molar-refractivity contribution < 1.29 is 4.79 Å². The Morgan fingerprint density at radius 1 is 1.19 bits per heavy atom. The molecule has 0 aliphatic rings. The maximum absolute atomic E-state index is 11.9. The van der Waals surface area contributed by atoms with E-state index in [1.165, 1.54) is 11.3 Å². The average molecular weight is 299 g/mol. The van der Waals surface area contributed by atoms with Crippen molar-refractivity contribution in [2.45, 2.75) is 13.0 Å². The zero-order valence-electron chi connectivity index (χ0n) is 11.2. The molecule has 1 aromatic carbocycles. The first-order chi connectivity index (χ1) is 10.2. The smallest absolute Gasteiger partial charge is 0.308 e. The van der Waals surface area contributed by atoms with Gasteiger partial charge in [0.05, 0.1) is 10.2 Å². The number of carbonyl (C=O) groups excluding carboxylic acids is 1. The third kappa shape index (κ3) is 3.00. The first kappa shape index (κ1) is 13.5. The second kappa shape index (κ2) is 5.88. The van der Waals surface area contributed by atoms with E-state index in [-0.39, 0.29) is 17.2 Å². The van der Waals surface area contributed by atoms with Crippen LogP contribution >= 0.6 is 11.3 Å². The number of fused-ring (bicyclic) bond motifs is 1. The van der Waals surface area contributed by atoms with E-state index in [1.54, 1.807) is 29.0 Å².